The molecular formula is C19H22FN5O. The first-order valence-electron chi connectivity index (χ1n) is 9.08. The minimum atomic E-state index is -0.225. The van der Waals surface area contributed by atoms with Crippen molar-refractivity contribution in [3.8, 4) is 0 Å². The van der Waals surface area contributed by atoms with E-state index in [1.807, 2.05) is 12.1 Å². The number of nitrogens with one attached hydrogen (secondary N) is 2. The van der Waals surface area contributed by atoms with Gasteiger partial charge in [0.05, 0.1) is 0 Å². The summed E-state index contributed by atoms with van der Waals surface area (Å²) in [6.45, 7) is 1.29. The number of nitrogens with zero attached hydrogens (tertiary/aromatic N) is 3. The van der Waals surface area contributed by atoms with Crippen LogP contribution in [0.4, 0.5) is 20.7 Å². The standard InChI is InChI=1S/C19H22FN5O/c20-17-12-15(5-6-16(17)13-3-4-13)23-19(26)25-10-7-14(8-11-25)22-18-2-1-9-21-24-18/h1-2,5-6,9,12-14H,3-4,7-8,10-11H2,(H,22,24)(H,23,26). The molecule has 1 saturated heterocycles. The number of amides is 2. The molecule has 2 aromatic rings. The highest BCUT2D eigenvalue weighted by Gasteiger charge is 2.27. The molecule has 2 amide bonds. The molecule has 1 aromatic carbocycles. The van der Waals surface area contributed by atoms with Crippen molar-refractivity contribution in [1.29, 1.82) is 0 Å². The summed E-state index contributed by atoms with van der Waals surface area (Å²) in [5.74, 6) is 0.888. The zero-order valence-electron chi connectivity index (χ0n) is 14.5. The number of hydrogen-bond acceptors (Lipinski definition) is 4. The lowest BCUT2D eigenvalue weighted by Crippen LogP contribution is -2.44. The van der Waals surface area contributed by atoms with E-state index < -0.39 is 0 Å². The number of carbonyl (C=O) groups excluding carboxylic acids is 1. The fraction of sp³-hybridized carbons (Fsp3) is 0.421. The molecule has 1 aliphatic carbocycles. The maximum atomic E-state index is 14.1. The minimum absolute atomic E-state index is 0.179. The Morgan fingerprint density at radius 3 is 2.62 bits per heavy atom. The van der Waals surface area contributed by atoms with Crippen molar-refractivity contribution in [1.82, 2.24) is 15.1 Å². The monoisotopic (exact) mass is 355 g/mol. The second-order valence-corrected chi connectivity index (χ2v) is 6.96. The number of piperidine rings is 1. The molecule has 26 heavy (non-hydrogen) atoms. The number of urea groups is 1. The molecule has 0 atom stereocenters. The van der Waals surface area contributed by atoms with Gasteiger partial charge >= 0.3 is 6.03 Å². The molecule has 1 saturated carbocycles. The number of aromatic nitrogens is 2. The smallest absolute Gasteiger partial charge is 0.321 e. The molecule has 0 bridgehead atoms. The van der Waals surface area contributed by atoms with E-state index in [-0.39, 0.29) is 17.9 Å². The van der Waals surface area contributed by atoms with Crippen molar-refractivity contribution in [3.05, 3.63) is 47.9 Å². The molecule has 0 unspecified atom stereocenters. The van der Waals surface area contributed by atoms with Crippen LogP contribution >= 0.6 is 0 Å². The van der Waals surface area contributed by atoms with E-state index in [0.717, 1.165) is 37.1 Å². The Hall–Kier alpha value is -2.70. The van der Waals surface area contributed by atoms with Gasteiger partial charge in [-0.3, -0.25) is 0 Å². The zero-order chi connectivity index (χ0) is 17.9. The number of rotatable bonds is 4. The Bertz CT molecular complexity index is 773. The van der Waals surface area contributed by atoms with Gasteiger partial charge in [0.25, 0.3) is 0 Å². The van der Waals surface area contributed by atoms with Crippen LogP contribution in [0.25, 0.3) is 0 Å². The quantitative estimate of drug-likeness (QED) is 0.879. The SMILES string of the molecule is O=C(Nc1ccc(C2CC2)c(F)c1)N1CCC(Nc2cccnn2)CC1. The predicted octanol–water partition coefficient (Wildman–Crippen LogP) is 3.60. The summed E-state index contributed by atoms with van der Waals surface area (Å²) in [6.07, 6.45) is 5.41. The molecule has 2 N–H and O–H groups in total. The van der Waals surface area contributed by atoms with Gasteiger partial charge < -0.3 is 15.5 Å². The Labute approximate surface area is 151 Å². The van der Waals surface area contributed by atoms with Crippen LogP contribution in [0, 0.1) is 5.82 Å². The normalized spacial score (nSPS) is 17.8. The van der Waals surface area contributed by atoms with E-state index in [0.29, 0.717) is 24.7 Å². The summed E-state index contributed by atoms with van der Waals surface area (Å²) >= 11 is 0. The average molecular weight is 355 g/mol. The molecule has 7 heteroatoms. The van der Waals surface area contributed by atoms with Gasteiger partial charge in [-0.05, 0) is 61.4 Å². The maximum absolute atomic E-state index is 14.1. The molecule has 1 aliphatic heterocycles. The molecular weight excluding hydrogens is 333 g/mol. The first-order chi connectivity index (χ1) is 12.7. The van der Waals surface area contributed by atoms with Crippen molar-refractivity contribution < 1.29 is 9.18 Å². The predicted molar refractivity (Wildman–Crippen MR) is 97.6 cm³/mol. The molecule has 2 heterocycles. The minimum Gasteiger partial charge on any atom is -0.366 e. The Kier molecular flexibility index (Phi) is 4.69. The van der Waals surface area contributed by atoms with Crippen molar-refractivity contribution in [3.63, 3.8) is 0 Å². The lowest BCUT2D eigenvalue weighted by Gasteiger charge is -2.32. The van der Waals surface area contributed by atoms with Crippen LogP contribution in [0.2, 0.25) is 0 Å². The van der Waals surface area contributed by atoms with E-state index in [9.17, 15) is 9.18 Å². The number of halogens is 1. The van der Waals surface area contributed by atoms with Crippen LogP contribution < -0.4 is 10.6 Å². The molecule has 1 aromatic heterocycles. The Balaban J connectivity index is 1.29. The van der Waals surface area contributed by atoms with Crippen LogP contribution in [0.15, 0.2) is 36.5 Å². The molecule has 2 aliphatic rings. The van der Waals surface area contributed by atoms with Gasteiger partial charge in [-0.15, -0.1) is 5.10 Å². The lowest BCUT2D eigenvalue weighted by molar-refractivity contribution is 0.197. The van der Waals surface area contributed by atoms with Crippen LogP contribution in [-0.2, 0) is 0 Å². The van der Waals surface area contributed by atoms with E-state index in [2.05, 4.69) is 20.8 Å². The average Bonchev–Trinajstić information content (AvgIpc) is 3.48. The zero-order valence-corrected chi connectivity index (χ0v) is 14.5. The van der Waals surface area contributed by atoms with Crippen LogP contribution in [0.3, 0.4) is 0 Å². The number of hydrogen-bond donors (Lipinski definition) is 2. The fourth-order valence-electron chi connectivity index (χ4n) is 3.35. The van der Waals surface area contributed by atoms with Crippen LogP contribution in [-0.4, -0.2) is 40.3 Å². The van der Waals surface area contributed by atoms with E-state index in [1.54, 1.807) is 23.2 Å². The molecule has 0 spiro atoms. The topological polar surface area (TPSA) is 70.2 Å². The number of benzene rings is 1. The highest BCUT2D eigenvalue weighted by Crippen LogP contribution is 2.41. The van der Waals surface area contributed by atoms with Gasteiger partial charge in [0.2, 0.25) is 0 Å². The van der Waals surface area contributed by atoms with Crippen molar-refractivity contribution >= 4 is 17.5 Å². The Morgan fingerprint density at radius 1 is 1.15 bits per heavy atom. The van der Waals surface area contributed by atoms with Gasteiger partial charge in [-0.2, -0.15) is 5.10 Å². The fourth-order valence-corrected chi connectivity index (χ4v) is 3.35. The molecule has 0 radical (unpaired) electrons. The second-order valence-electron chi connectivity index (χ2n) is 6.96. The number of likely N-dealkylation sites (tertiary alicyclic amines) is 1. The molecule has 2 fully saturated rings. The Morgan fingerprint density at radius 2 is 1.96 bits per heavy atom. The highest BCUT2D eigenvalue weighted by molar-refractivity contribution is 5.89. The third-order valence-corrected chi connectivity index (χ3v) is 4.98. The molecule has 6 nitrogen and oxygen atoms in total. The third kappa shape index (κ3) is 3.92. The summed E-state index contributed by atoms with van der Waals surface area (Å²) in [5, 5.41) is 14.0. The van der Waals surface area contributed by atoms with E-state index in [1.165, 1.54) is 6.07 Å². The van der Waals surface area contributed by atoms with E-state index in [4.69, 9.17) is 0 Å². The van der Waals surface area contributed by atoms with Crippen molar-refractivity contribution in [2.75, 3.05) is 23.7 Å². The summed E-state index contributed by atoms with van der Waals surface area (Å²) in [4.78, 5) is 14.2. The summed E-state index contributed by atoms with van der Waals surface area (Å²) in [7, 11) is 0. The van der Waals surface area contributed by atoms with Crippen molar-refractivity contribution in [2.24, 2.45) is 0 Å². The summed E-state index contributed by atoms with van der Waals surface area (Å²) in [5.41, 5.74) is 1.27. The first-order valence-corrected chi connectivity index (χ1v) is 9.08. The van der Waals surface area contributed by atoms with Gasteiger partial charge in [0, 0.05) is 31.0 Å². The lowest BCUT2D eigenvalue weighted by atomic mass is 10.1. The van der Waals surface area contributed by atoms with Gasteiger partial charge in [-0.25, -0.2) is 9.18 Å². The van der Waals surface area contributed by atoms with Crippen LogP contribution in [0.1, 0.15) is 37.2 Å². The molecule has 136 valence electrons. The third-order valence-electron chi connectivity index (χ3n) is 4.98. The summed E-state index contributed by atoms with van der Waals surface area (Å²) in [6, 6.07) is 8.81. The highest BCUT2D eigenvalue weighted by atomic mass is 19.1. The molecule has 4 rings (SSSR count). The van der Waals surface area contributed by atoms with Crippen molar-refractivity contribution in [2.45, 2.75) is 37.6 Å². The van der Waals surface area contributed by atoms with Crippen LogP contribution in [0.5, 0.6) is 0 Å². The summed E-state index contributed by atoms with van der Waals surface area (Å²) < 4.78 is 14.1. The van der Waals surface area contributed by atoms with Gasteiger partial charge in [0.1, 0.15) is 11.6 Å². The van der Waals surface area contributed by atoms with Gasteiger partial charge in [-0.1, -0.05) is 6.07 Å². The van der Waals surface area contributed by atoms with E-state index >= 15 is 0 Å². The maximum Gasteiger partial charge on any atom is 0.321 e. The number of carbonyl (C=O) groups is 1. The first kappa shape index (κ1) is 16.8. The number of anilines is 2. The van der Waals surface area contributed by atoms with Gasteiger partial charge in [0.15, 0.2) is 0 Å². The second kappa shape index (κ2) is 7.27. The largest absolute Gasteiger partial charge is 0.366 e.